The quantitative estimate of drug-likeness (QED) is 0.362. The molecule has 0 aliphatic carbocycles. The van der Waals surface area contributed by atoms with Gasteiger partial charge in [0.2, 0.25) is 0 Å². The topological polar surface area (TPSA) is 52.6 Å². The van der Waals surface area contributed by atoms with Crippen molar-refractivity contribution < 1.29 is 19.1 Å². The lowest BCUT2D eigenvalue weighted by atomic mass is 10.5. The molecule has 0 aliphatic rings. The van der Waals surface area contributed by atoms with Crippen molar-refractivity contribution in [3.8, 4) is 0 Å². The van der Waals surface area contributed by atoms with Gasteiger partial charge < -0.3 is 9.47 Å². The van der Waals surface area contributed by atoms with Gasteiger partial charge in [-0.3, -0.25) is 9.59 Å². The predicted octanol–water partition coefficient (Wildman–Crippen LogP) is 1.87. The molecule has 0 rings (SSSR count). The molecule has 0 aromatic heterocycles. The molecule has 0 atom stereocenters. The van der Waals surface area contributed by atoms with Gasteiger partial charge in [0, 0.05) is 11.5 Å². The molecule has 0 aromatic carbocycles. The van der Waals surface area contributed by atoms with Crippen LogP contribution in [0.15, 0.2) is 25.7 Å². The number of esters is 2. The number of hydrogen-bond acceptors (Lipinski definition) is 5. The number of thioether (sulfide) groups is 1. The summed E-state index contributed by atoms with van der Waals surface area (Å²) in [5.41, 5.74) is 0. The van der Waals surface area contributed by atoms with E-state index in [1.54, 1.807) is 0 Å². The molecule has 0 aromatic rings. The van der Waals surface area contributed by atoms with E-state index in [-0.39, 0.29) is 11.9 Å². The van der Waals surface area contributed by atoms with Crippen molar-refractivity contribution in [2.45, 2.75) is 12.8 Å². The summed E-state index contributed by atoms with van der Waals surface area (Å²) in [4.78, 5) is 21.7. The molecule has 0 fully saturated rings. The third-order valence-electron chi connectivity index (χ3n) is 1.33. The summed E-state index contributed by atoms with van der Waals surface area (Å²) in [6, 6.07) is 0. The lowest BCUT2D eigenvalue weighted by Gasteiger charge is -2.00. The number of carbonyl (C=O) groups excluding carboxylic acids is 2. The number of rotatable bonds is 8. The van der Waals surface area contributed by atoms with Crippen molar-refractivity contribution in [2.24, 2.45) is 0 Å². The van der Waals surface area contributed by atoms with Crippen LogP contribution in [0.5, 0.6) is 0 Å². The zero-order valence-electron chi connectivity index (χ0n) is 8.44. The molecule has 84 valence electrons. The Hall–Kier alpha value is -1.23. The van der Waals surface area contributed by atoms with Crippen LogP contribution in [0, 0.1) is 0 Å². The van der Waals surface area contributed by atoms with Crippen LogP contribution in [0.2, 0.25) is 0 Å². The normalized spacial score (nSPS) is 9.07. The van der Waals surface area contributed by atoms with Crippen LogP contribution < -0.4 is 0 Å². The van der Waals surface area contributed by atoms with Gasteiger partial charge in [0.05, 0.1) is 25.4 Å². The third-order valence-corrected chi connectivity index (χ3v) is 2.32. The summed E-state index contributed by atoms with van der Waals surface area (Å²) in [5.74, 6) is 0.611. The molecule has 0 unspecified atom stereocenters. The molecule has 4 nitrogen and oxygen atoms in total. The number of ether oxygens (including phenoxy) is 2. The minimum atomic E-state index is -0.314. The van der Waals surface area contributed by atoms with Crippen LogP contribution in [0.4, 0.5) is 0 Å². The second-order valence-electron chi connectivity index (χ2n) is 2.43. The van der Waals surface area contributed by atoms with Crippen molar-refractivity contribution in [2.75, 3.05) is 11.5 Å². The highest BCUT2D eigenvalue weighted by atomic mass is 32.2. The van der Waals surface area contributed by atoms with Gasteiger partial charge in [-0.2, -0.15) is 11.8 Å². The molecule has 0 spiro atoms. The van der Waals surface area contributed by atoms with Crippen molar-refractivity contribution in [1.29, 1.82) is 0 Å². The average molecular weight is 230 g/mol. The minimum absolute atomic E-state index is 0.313. The zero-order valence-corrected chi connectivity index (χ0v) is 9.26. The molecule has 0 amide bonds. The fourth-order valence-corrected chi connectivity index (χ4v) is 1.54. The maximum absolute atomic E-state index is 10.8. The first kappa shape index (κ1) is 13.8. The van der Waals surface area contributed by atoms with Crippen LogP contribution >= 0.6 is 11.8 Å². The zero-order chi connectivity index (χ0) is 11.5. The maximum atomic E-state index is 10.8. The maximum Gasteiger partial charge on any atom is 0.311 e. The fraction of sp³-hybridized carbons (Fsp3) is 0.400. The van der Waals surface area contributed by atoms with Crippen LogP contribution in [-0.2, 0) is 19.1 Å². The van der Waals surface area contributed by atoms with Crippen molar-refractivity contribution in [3.05, 3.63) is 25.7 Å². The lowest BCUT2D eigenvalue weighted by molar-refractivity contribution is -0.138. The summed E-state index contributed by atoms with van der Waals surface area (Å²) in [7, 11) is 0. The van der Waals surface area contributed by atoms with Gasteiger partial charge in [-0.05, 0) is 0 Å². The average Bonchev–Trinajstić information content (AvgIpc) is 2.18. The van der Waals surface area contributed by atoms with Gasteiger partial charge in [-0.25, -0.2) is 0 Å². The van der Waals surface area contributed by atoms with Gasteiger partial charge in [-0.1, -0.05) is 13.2 Å². The van der Waals surface area contributed by atoms with Crippen LogP contribution in [0.1, 0.15) is 12.8 Å². The first-order valence-electron chi connectivity index (χ1n) is 4.39. The monoisotopic (exact) mass is 230 g/mol. The highest BCUT2D eigenvalue weighted by molar-refractivity contribution is 7.99. The van der Waals surface area contributed by atoms with Gasteiger partial charge >= 0.3 is 11.9 Å². The third kappa shape index (κ3) is 9.08. The molecule has 0 saturated heterocycles. The molecular weight excluding hydrogens is 216 g/mol. The van der Waals surface area contributed by atoms with E-state index in [1.807, 2.05) is 0 Å². The van der Waals surface area contributed by atoms with E-state index in [1.165, 1.54) is 11.8 Å². The van der Waals surface area contributed by atoms with Crippen LogP contribution in [0.25, 0.3) is 0 Å². The summed E-state index contributed by atoms with van der Waals surface area (Å²) < 4.78 is 9.03. The minimum Gasteiger partial charge on any atom is -0.435 e. The SMILES string of the molecule is C=COC(=O)CCSCCC(=O)OC=C. The Kier molecular flexibility index (Phi) is 8.56. The van der Waals surface area contributed by atoms with Crippen molar-refractivity contribution in [1.82, 2.24) is 0 Å². The van der Waals surface area contributed by atoms with E-state index in [2.05, 4.69) is 22.6 Å². The summed E-state index contributed by atoms with van der Waals surface area (Å²) in [6.45, 7) is 6.54. The van der Waals surface area contributed by atoms with Gasteiger partial charge in [0.1, 0.15) is 0 Å². The molecule has 0 radical (unpaired) electrons. The molecule has 5 heteroatoms. The van der Waals surface area contributed by atoms with Crippen molar-refractivity contribution >= 4 is 23.7 Å². The van der Waals surface area contributed by atoms with Gasteiger partial charge in [-0.15, -0.1) is 0 Å². The Morgan fingerprint density at radius 2 is 1.40 bits per heavy atom. The lowest BCUT2D eigenvalue weighted by Crippen LogP contribution is -2.03. The Morgan fingerprint density at radius 1 is 1.00 bits per heavy atom. The second-order valence-corrected chi connectivity index (χ2v) is 3.65. The van der Waals surface area contributed by atoms with Gasteiger partial charge in [0.25, 0.3) is 0 Å². The molecule has 0 saturated carbocycles. The number of carbonyl (C=O) groups is 2. The first-order chi connectivity index (χ1) is 7.20. The van der Waals surface area contributed by atoms with Crippen molar-refractivity contribution in [3.63, 3.8) is 0 Å². The highest BCUT2D eigenvalue weighted by Gasteiger charge is 2.03. The van der Waals surface area contributed by atoms with E-state index in [9.17, 15) is 9.59 Å². The van der Waals surface area contributed by atoms with Crippen LogP contribution in [-0.4, -0.2) is 23.4 Å². The smallest absolute Gasteiger partial charge is 0.311 e. The van der Waals surface area contributed by atoms with E-state index >= 15 is 0 Å². The number of hydrogen-bond donors (Lipinski definition) is 0. The largest absolute Gasteiger partial charge is 0.435 e. The Bertz CT molecular complexity index is 214. The fourth-order valence-electron chi connectivity index (χ4n) is 0.717. The molecule has 0 aliphatic heterocycles. The molecule has 0 bridgehead atoms. The summed E-state index contributed by atoms with van der Waals surface area (Å²) in [5, 5.41) is 0. The summed E-state index contributed by atoms with van der Waals surface area (Å²) >= 11 is 1.49. The molecule has 0 N–H and O–H groups in total. The Balaban J connectivity index is 3.31. The highest BCUT2D eigenvalue weighted by Crippen LogP contribution is 2.06. The summed E-state index contributed by atoms with van der Waals surface area (Å²) in [6.07, 6.45) is 2.84. The Morgan fingerprint density at radius 3 is 1.73 bits per heavy atom. The Labute approximate surface area is 93.3 Å². The molecule has 0 heterocycles. The van der Waals surface area contributed by atoms with Gasteiger partial charge in [0.15, 0.2) is 0 Å². The first-order valence-corrected chi connectivity index (χ1v) is 5.54. The van der Waals surface area contributed by atoms with E-state index in [0.29, 0.717) is 24.3 Å². The van der Waals surface area contributed by atoms with E-state index in [4.69, 9.17) is 0 Å². The van der Waals surface area contributed by atoms with E-state index < -0.39 is 0 Å². The predicted molar refractivity (Wildman–Crippen MR) is 59.1 cm³/mol. The standard InChI is InChI=1S/C10H14O4S/c1-3-13-9(11)5-7-15-8-6-10(12)14-4-2/h3-4H,1-2,5-8H2. The molecule has 15 heavy (non-hydrogen) atoms. The molecular formula is C10H14O4S. The van der Waals surface area contributed by atoms with Crippen LogP contribution in [0.3, 0.4) is 0 Å². The second kappa shape index (κ2) is 9.33. The van der Waals surface area contributed by atoms with E-state index in [0.717, 1.165) is 12.5 Å².